The maximum absolute atomic E-state index is 11.7. The molecular formula is C12H18N2O3. The van der Waals surface area contributed by atoms with Gasteiger partial charge in [0.25, 0.3) is 5.91 Å². The fourth-order valence-electron chi connectivity index (χ4n) is 1.17. The van der Waals surface area contributed by atoms with Gasteiger partial charge in [-0.3, -0.25) is 9.59 Å². The lowest BCUT2D eigenvalue weighted by atomic mass is 9.92. The van der Waals surface area contributed by atoms with Gasteiger partial charge < -0.3 is 15.4 Å². The van der Waals surface area contributed by atoms with E-state index >= 15 is 0 Å². The first-order chi connectivity index (χ1) is 7.86. The van der Waals surface area contributed by atoms with Crippen molar-refractivity contribution in [3.63, 3.8) is 0 Å². The summed E-state index contributed by atoms with van der Waals surface area (Å²) in [5.41, 5.74) is -0.284. The molecule has 1 aromatic rings. The number of amides is 1. The largest absolute Gasteiger partial charge is 0.388 e. The third kappa shape index (κ3) is 3.42. The molecule has 1 aromatic heterocycles. The van der Waals surface area contributed by atoms with Crippen LogP contribution >= 0.6 is 0 Å². The minimum atomic E-state index is -0.949. The maximum Gasteiger partial charge on any atom is 0.267 e. The van der Waals surface area contributed by atoms with Gasteiger partial charge in [-0.05, 0) is 25.0 Å². The molecule has 0 saturated heterocycles. The minimum Gasteiger partial charge on any atom is -0.388 e. The van der Waals surface area contributed by atoms with Gasteiger partial charge in [0.1, 0.15) is 5.69 Å². The zero-order valence-electron chi connectivity index (χ0n) is 10.3. The summed E-state index contributed by atoms with van der Waals surface area (Å²) in [5.74, 6) is -0.295. The van der Waals surface area contributed by atoms with E-state index in [9.17, 15) is 14.7 Å². The number of aromatic nitrogens is 1. The molecule has 0 aromatic carbocycles. The lowest BCUT2D eigenvalue weighted by molar-refractivity contribution is 0.0142. The predicted molar refractivity (Wildman–Crippen MR) is 64.0 cm³/mol. The van der Waals surface area contributed by atoms with E-state index in [1.54, 1.807) is 6.92 Å². The lowest BCUT2D eigenvalue weighted by Crippen LogP contribution is -2.44. The summed E-state index contributed by atoms with van der Waals surface area (Å²) in [5, 5.41) is 12.6. The average molecular weight is 238 g/mol. The molecule has 0 bridgehead atoms. The standard InChI is InChI=1S/C12H18N2O3/c1-8(2)12(3,17)7-13-11(16)10-5-4-9(6-15)14-10/h4-6,8,14,17H,7H2,1-3H3,(H,13,16). The monoisotopic (exact) mass is 238 g/mol. The molecule has 0 fully saturated rings. The zero-order valence-corrected chi connectivity index (χ0v) is 10.3. The molecule has 5 nitrogen and oxygen atoms in total. The van der Waals surface area contributed by atoms with E-state index in [0.717, 1.165) is 0 Å². The highest BCUT2D eigenvalue weighted by Gasteiger charge is 2.25. The molecule has 0 aliphatic rings. The first-order valence-electron chi connectivity index (χ1n) is 5.51. The van der Waals surface area contributed by atoms with Gasteiger partial charge in [-0.25, -0.2) is 0 Å². The normalized spacial score (nSPS) is 14.4. The Morgan fingerprint density at radius 3 is 2.71 bits per heavy atom. The van der Waals surface area contributed by atoms with Crippen molar-refractivity contribution < 1.29 is 14.7 Å². The molecule has 0 spiro atoms. The van der Waals surface area contributed by atoms with Gasteiger partial charge in [-0.1, -0.05) is 13.8 Å². The Morgan fingerprint density at radius 2 is 2.24 bits per heavy atom. The molecule has 0 radical (unpaired) electrons. The van der Waals surface area contributed by atoms with Gasteiger partial charge in [0.2, 0.25) is 0 Å². The lowest BCUT2D eigenvalue weighted by Gasteiger charge is -2.27. The summed E-state index contributed by atoms with van der Waals surface area (Å²) < 4.78 is 0. The zero-order chi connectivity index (χ0) is 13.1. The van der Waals surface area contributed by atoms with Crippen LogP contribution in [0.1, 0.15) is 41.7 Å². The number of H-pyrrole nitrogens is 1. The van der Waals surface area contributed by atoms with Gasteiger partial charge in [0, 0.05) is 6.54 Å². The Morgan fingerprint density at radius 1 is 1.59 bits per heavy atom. The Kier molecular flexibility index (Phi) is 4.07. The Bertz CT molecular complexity index is 408. The number of hydrogen-bond acceptors (Lipinski definition) is 3. The molecule has 1 amide bonds. The van der Waals surface area contributed by atoms with Gasteiger partial charge >= 0.3 is 0 Å². The molecule has 3 N–H and O–H groups in total. The molecule has 0 aliphatic carbocycles. The molecule has 1 rings (SSSR count). The number of hydrogen-bond donors (Lipinski definition) is 3. The molecule has 0 aliphatic heterocycles. The third-order valence-corrected chi connectivity index (χ3v) is 2.93. The molecule has 17 heavy (non-hydrogen) atoms. The molecule has 1 heterocycles. The molecular weight excluding hydrogens is 220 g/mol. The molecule has 1 atom stereocenters. The number of carbonyl (C=O) groups is 2. The number of rotatable bonds is 5. The fraction of sp³-hybridized carbons (Fsp3) is 0.500. The van der Waals surface area contributed by atoms with Crippen molar-refractivity contribution in [3.8, 4) is 0 Å². The van der Waals surface area contributed by atoms with Crippen LogP contribution in [0.15, 0.2) is 12.1 Å². The van der Waals surface area contributed by atoms with Crippen LogP contribution < -0.4 is 5.32 Å². The molecule has 0 saturated carbocycles. The smallest absolute Gasteiger partial charge is 0.267 e. The van der Waals surface area contributed by atoms with E-state index in [1.165, 1.54) is 12.1 Å². The van der Waals surface area contributed by atoms with Crippen molar-refractivity contribution in [2.45, 2.75) is 26.4 Å². The van der Waals surface area contributed by atoms with Gasteiger partial charge in [0.15, 0.2) is 6.29 Å². The van der Waals surface area contributed by atoms with Crippen LogP contribution in [-0.4, -0.2) is 34.4 Å². The summed E-state index contributed by atoms with van der Waals surface area (Å²) in [6.45, 7) is 5.60. The number of carbonyl (C=O) groups excluding carboxylic acids is 2. The second-order valence-corrected chi connectivity index (χ2v) is 4.64. The third-order valence-electron chi connectivity index (χ3n) is 2.93. The van der Waals surface area contributed by atoms with Crippen LogP contribution in [0.25, 0.3) is 0 Å². The number of nitrogens with one attached hydrogen (secondary N) is 2. The van der Waals surface area contributed by atoms with Crippen LogP contribution in [0.3, 0.4) is 0 Å². The maximum atomic E-state index is 11.7. The van der Waals surface area contributed by atoms with E-state index in [1.807, 2.05) is 13.8 Å². The van der Waals surface area contributed by atoms with Crippen molar-refractivity contribution in [2.24, 2.45) is 5.92 Å². The van der Waals surface area contributed by atoms with Crippen LogP contribution in [0.2, 0.25) is 0 Å². The van der Waals surface area contributed by atoms with E-state index in [-0.39, 0.29) is 18.4 Å². The van der Waals surface area contributed by atoms with Crippen molar-refractivity contribution in [1.82, 2.24) is 10.3 Å². The highest BCUT2D eigenvalue weighted by Crippen LogP contribution is 2.14. The summed E-state index contributed by atoms with van der Waals surface area (Å²) in [6.07, 6.45) is 0.640. The van der Waals surface area contributed by atoms with E-state index in [2.05, 4.69) is 10.3 Å². The summed E-state index contributed by atoms with van der Waals surface area (Å²) in [4.78, 5) is 24.8. The predicted octanol–water partition coefficient (Wildman–Crippen LogP) is 0.964. The second-order valence-electron chi connectivity index (χ2n) is 4.64. The van der Waals surface area contributed by atoms with Crippen LogP contribution in [-0.2, 0) is 0 Å². The topological polar surface area (TPSA) is 82.2 Å². The first kappa shape index (κ1) is 13.4. The van der Waals surface area contributed by atoms with E-state index < -0.39 is 5.60 Å². The Balaban J connectivity index is 2.58. The van der Waals surface area contributed by atoms with Crippen LogP contribution in [0.5, 0.6) is 0 Å². The molecule has 1 unspecified atom stereocenters. The minimum absolute atomic E-state index is 0.0389. The second kappa shape index (κ2) is 5.14. The number of aliphatic hydroxyl groups is 1. The van der Waals surface area contributed by atoms with Gasteiger partial charge in [0.05, 0.1) is 11.3 Å². The summed E-state index contributed by atoms with van der Waals surface area (Å²) >= 11 is 0. The average Bonchev–Trinajstić information content (AvgIpc) is 2.74. The highest BCUT2D eigenvalue weighted by atomic mass is 16.3. The van der Waals surface area contributed by atoms with Crippen LogP contribution in [0, 0.1) is 5.92 Å². The summed E-state index contributed by atoms with van der Waals surface area (Å²) in [7, 11) is 0. The molecule has 94 valence electrons. The van der Waals surface area contributed by atoms with Crippen molar-refractivity contribution in [3.05, 3.63) is 23.5 Å². The van der Waals surface area contributed by atoms with Crippen molar-refractivity contribution in [2.75, 3.05) is 6.54 Å². The van der Waals surface area contributed by atoms with Crippen molar-refractivity contribution in [1.29, 1.82) is 0 Å². The van der Waals surface area contributed by atoms with Crippen molar-refractivity contribution >= 4 is 12.2 Å². The highest BCUT2D eigenvalue weighted by molar-refractivity contribution is 5.93. The van der Waals surface area contributed by atoms with Crippen LogP contribution in [0.4, 0.5) is 0 Å². The first-order valence-corrected chi connectivity index (χ1v) is 5.51. The van der Waals surface area contributed by atoms with E-state index in [0.29, 0.717) is 17.7 Å². The SMILES string of the molecule is CC(C)C(C)(O)CNC(=O)c1ccc(C=O)[nH]1. The molecule has 5 heteroatoms. The Labute approximate surface area is 100 Å². The van der Waals surface area contributed by atoms with E-state index in [4.69, 9.17) is 0 Å². The number of aldehydes is 1. The fourth-order valence-corrected chi connectivity index (χ4v) is 1.17. The van der Waals surface area contributed by atoms with Gasteiger partial charge in [-0.2, -0.15) is 0 Å². The Hall–Kier alpha value is -1.62. The quantitative estimate of drug-likeness (QED) is 0.668. The van der Waals surface area contributed by atoms with Gasteiger partial charge in [-0.15, -0.1) is 0 Å². The summed E-state index contributed by atoms with van der Waals surface area (Å²) in [6, 6.07) is 3.06. The number of aromatic amines is 1.